The van der Waals surface area contributed by atoms with Crippen molar-refractivity contribution >= 4 is 0 Å². The van der Waals surface area contributed by atoms with E-state index in [0.29, 0.717) is 0 Å². The number of aliphatic hydroxyl groups is 1. The van der Waals surface area contributed by atoms with Crippen molar-refractivity contribution in [3.05, 3.63) is 17.5 Å². The number of hydrogen-bond donors (Lipinski definition) is 1. The van der Waals surface area contributed by atoms with E-state index in [1.165, 1.54) is 0 Å². The van der Waals surface area contributed by atoms with Crippen LogP contribution in [0.4, 0.5) is 0 Å². The van der Waals surface area contributed by atoms with E-state index in [-0.39, 0.29) is 6.10 Å². The highest BCUT2D eigenvalue weighted by atomic mass is 16.5. The molecule has 2 heterocycles. The summed E-state index contributed by atoms with van der Waals surface area (Å²) in [5, 5.41) is 12.8. The van der Waals surface area contributed by atoms with Crippen LogP contribution >= 0.6 is 0 Å². The zero-order valence-electron chi connectivity index (χ0n) is 7.03. The number of aryl methyl sites for hydroxylation is 1. The van der Waals surface area contributed by atoms with Crippen LogP contribution in [0, 0.1) is 6.92 Å². The van der Waals surface area contributed by atoms with Crippen molar-refractivity contribution in [3.8, 4) is 0 Å². The number of likely N-dealkylation sites (tertiary alicyclic amines) is 1. The molecule has 0 aliphatic carbocycles. The van der Waals surface area contributed by atoms with Crippen molar-refractivity contribution in [1.82, 2.24) is 10.1 Å². The van der Waals surface area contributed by atoms with Crippen LogP contribution in [-0.2, 0) is 6.54 Å². The Morgan fingerprint density at radius 1 is 1.75 bits per heavy atom. The molecular weight excluding hydrogens is 156 g/mol. The summed E-state index contributed by atoms with van der Waals surface area (Å²) in [7, 11) is 0. The summed E-state index contributed by atoms with van der Waals surface area (Å²) in [5.41, 5.74) is 0.908. The predicted molar refractivity (Wildman–Crippen MR) is 42.5 cm³/mol. The summed E-state index contributed by atoms with van der Waals surface area (Å²) in [6.45, 7) is 4.16. The maximum atomic E-state index is 9.01. The van der Waals surface area contributed by atoms with Gasteiger partial charge < -0.3 is 9.63 Å². The lowest BCUT2D eigenvalue weighted by Crippen LogP contribution is -2.49. The Bertz CT molecular complexity index is 266. The molecule has 0 radical (unpaired) electrons. The average molecular weight is 168 g/mol. The van der Waals surface area contributed by atoms with Crippen molar-refractivity contribution in [2.45, 2.75) is 19.6 Å². The molecule has 4 heteroatoms. The molecule has 0 atom stereocenters. The predicted octanol–water partition coefficient (Wildman–Crippen LogP) is 0.160. The Kier molecular flexibility index (Phi) is 1.86. The second-order valence-corrected chi connectivity index (χ2v) is 3.28. The van der Waals surface area contributed by atoms with Gasteiger partial charge in [0.05, 0.1) is 18.3 Å². The lowest BCUT2D eigenvalue weighted by Gasteiger charge is -2.34. The van der Waals surface area contributed by atoms with Crippen LogP contribution in [-0.4, -0.2) is 34.4 Å². The minimum absolute atomic E-state index is 0.144. The summed E-state index contributed by atoms with van der Waals surface area (Å²) in [5.74, 6) is 0.874. The van der Waals surface area contributed by atoms with E-state index in [1.807, 2.05) is 13.0 Å². The van der Waals surface area contributed by atoms with Gasteiger partial charge in [0.25, 0.3) is 0 Å². The zero-order chi connectivity index (χ0) is 8.55. The minimum Gasteiger partial charge on any atom is -0.390 e. The first kappa shape index (κ1) is 7.76. The number of rotatable bonds is 2. The van der Waals surface area contributed by atoms with Gasteiger partial charge in [0.15, 0.2) is 5.76 Å². The summed E-state index contributed by atoms with van der Waals surface area (Å²) in [6.07, 6.45) is -0.144. The number of hydrogen-bond acceptors (Lipinski definition) is 4. The Balaban J connectivity index is 1.88. The topological polar surface area (TPSA) is 49.5 Å². The second kappa shape index (κ2) is 2.88. The molecule has 1 N–H and O–H groups in total. The Labute approximate surface area is 70.8 Å². The summed E-state index contributed by atoms with van der Waals surface area (Å²) in [6, 6.07) is 1.92. The van der Waals surface area contributed by atoms with Crippen LogP contribution in [0.5, 0.6) is 0 Å². The molecule has 0 saturated carbocycles. The molecule has 1 aromatic rings. The number of nitrogens with zero attached hydrogens (tertiary/aromatic N) is 2. The average Bonchev–Trinajstić information content (AvgIpc) is 2.33. The molecule has 1 aliphatic rings. The number of β-amino-alcohol motifs (C(OH)–C–C–N with tert-alkyl or cyclic N) is 1. The van der Waals surface area contributed by atoms with Crippen LogP contribution in [0.3, 0.4) is 0 Å². The molecule has 0 bridgehead atoms. The molecule has 1 saturated heterocycles. The van der Waals surface area contributed by atoms with Gasteiger partial charge in [-0.25, -0.2) is 0 Å². The third-order valence-electron chi connectivity index (χ3n) is 1.99. The molecule has 12 heavy (non-hydrogen) atoms. The highest BCUT2D eigenvalue weighted by Crippen LogP contribution is 2.13. The normalized spacial score (nSPS) is 19.5. The fraction of sp³-hybridized carbons (Fsp3) is 0.625. The molecule has 0 unspecified atom stereocenters. The standard InChI is InChI=1S/C8H12N2O2/c1-6-2-8(12-9-6)5-10-3-7(11)4-10/h2,7,11H,3-5H2,1H3. The van der Waals surface area contributed by atoms with Crippen LogP contribution in [0.25, 0.3) is 0 Å². The Morgan fingerprint density at radius 3 is 3.00 bits per heavy atom. The first-order valence-electron chi connectivity index (χ1n) is 4.06. The monoisotopic (exact) mass is 168 g/mol. The Hall–Kier alpha value is -0.870. The SMILES string of the molecule is Cc1cc(CN2CC(O)C2)on1. The van der Waals surface area contributed by atoms with Gasteiger partial charge >= 0.3 is 0 Å². The highest BCUT2D eigenvalue weighted by Gasteiger charge is 2.24. The van der Waals surface area contributed by atoms with Crippen molar-refractivity contribution in [2.24, 2.45) is 0 Å². The lowest BCUT2D eigenvalue weighted by atomic mass is 10.1. The largest absolute Gasteiger partial charge is 0.390 e. The quantitative estimate of drug-likeness (QED) is 0.683. The first-order chi connectivity index (χ1) is 5.74. The molecular formula is C8H12N2O2. The van der Waals surface area contributed by atoms with Gasteiger partial charge in [-0.15, -0.1) is 0 Å². The van der Waals surface area contributed by atoms with E-state index in [0.717, 1.165) is 31.1 Å². The lowest BCUT2D eigenvalue weighted by molar-refractivity contribution is -0.00715. The van der Waals surface area contributed by atoms with Crippen molar-refractivity contribution in [2.75, 3.05) is 13.1 Å². The van der Waals surface area contributed by atoms with Gasteiger partial charge in [0.1, 0.15) is 0 Å². The third-order valence-corrected chi connectivity index (χ3v) is 1.99. The molecule has 4 nitrogen and oxygen atoms in total. The number of aromatic nitrogens is 1. The molecule has 0 aromatic carbocycles. The molecule has 66 valence electrons. The summed E-state index contributed by atoms with van der Waals surface area (Å²) in [4.78, 5) is 2.12. The van der Waals surface area contributed by atoms with Crippen LogP contribution in [0.2, 0.25) is 0 Å². The third kappa shape index (κ3) is 1.49. The van der Waals surface area contributed by atoms with Crippen LogP contribution in [0.15, 0.2) is 10.6 Å². The van der Waals surface area contributed by atoms with Gasteiger partial charge in [-0.2, -0.15) is 0 Å². The van der Waals surface area contributed by atoms with Gasteiger partial charge in [-0.1, -0.05) is 5.16 Å². The van der Waals surface area contributed by atoms with Crippen molar-refractivity contribution in [1.29, 1.82) is 0 Å². The van der Waals surface area contributed by atoms with Gasteiger partial charge in [0, 0.05) is 19.2 Å². The highest BCUT2D eigenvalue weighted by molar-refractivity contribution is 5.03. The van der Waals surface area contributed by atoms with Crippen LogP contribution in [0.1, 0.15) is 11.5 Å². The van der Waals surface area contributed by atoms with Crippen LogP contribution < -0.4 is 0 Å². The zero-order valence-corrected chi connectivity index (χ0v) is 7.03. The van der Waals surface area contributed by atoms with E-state index in [2.05, 4.69) is 10.1 Å². The molecule has 2 rings (SSSR count). The van der Waals surface area contributed by atoms with E-state index in [4.69, 9.17) is 9.63 Å². The fourth-order valence-corrected chi connectivity index (χ4v) is 1.38. The van der Waals surface area contributed by atoms with E-state index >= 15 is 0 Å². The maximum Gasteiger partial charge on any atom is 0.150 e. The Morgan fingerprint density at radius 2 is 2.50 bits per heavy atom. The summed E-state index contributed by atoms with van der Waals surface area (Å²) < 4.78 is 5.03. The van der Waals surface area contributed by atoms with Gasteiger partial charge in [-0.05, 0) is 6.92 Å². The molecule has 0 spiro atoms. The van der Waals surface area contributed by atoms with E-state index in [9.17, 15) is 0 Å². The van der Waals surface area contributed by atoms with Gasteiger partial charge in [-0.3, -0.25) is 4.90 Å². The van der Waals surface area contributed by atoms with E-state index < -0.39 is 0 Å². The maximum absolute atomic E-state index is 9.01. The fourth-order valence-electron chi connectivity index (χ4n) is 1.38. The molecule has 1 aliphatic heterocycles. The van der Waals surface area contributed by atoms with Crippen molar-refractivity contribution < 1.29 is 9.63 Å². The smallest absolute Gasteiger partial charge is 0.150 e. The second-order valence-electron chi connectivity index (χ2n) is 3.28. The molecule has 0 amide bonds. The molecule has 1 aromatic heterocycles. The number of aliphatic hydroxyl groups excluding tert-OH is 1. The summed E-state index contributed by atoms with van der Waals surface area (Å²) >= 11 is 0. The minimum atomic E-state index is -0.144. The van der Waals surface area contributed by atoms with Crippen molar-refractivity contribution in [3.63, 3.8) is 0 Å². The first-order valence-corrected chi connectivity index (χ1v) is 4.06. The van der Waals surface area contributed by atoms with E-state index in [1.54, 1.807) is 0 Å². The van der Waals surface area contributed by atoms with Gasteiger partial charge in [0.2, 0.25) is 0 Å². The molecule has 1 fully saturated rings.